The van der Waals surface area contributed by atoms with Crippen LogP contribution in [-0.4, -0.2) is 48.7 Å². The van der Waals surface area contributed by atoms with E-state index in [1.165, 1.54) is 0 Å². The maximum Gasteiger partial charge on any atom is 0.315 e. The molecule has 1 aliphatic rings. The van der Waals surface area contributed by atoms with Gasteiger partial charge >= 0.3 is 12.0 Å². The Labute approximate surface area is 153 Å². The lowest BCUT2D eigenvalue weighted by Crippen LogP contribution is -2.46. The first-order chi connectivity index (χ1) is 11.9. The van der Waals surface area contributed by atoms with Crippen molar-refractivity contribution in [3.8, 4) is 0 Å². The molecular weight excluding hydrogens is 342 g/mol. The third kappa shape index (κ3) is 5.61. The lowest BCUT2D eigenvalue weighted by Gasteiger charge is -2.28. The number of benzene rings is 1. The Kier molecular flexibility index (Phi) is 7.08. The average molecular weight is 368 g/mol. The number of nitrogens with zero attached hydrogens (tertiary/aromatic N) is 1. The molecule has 0 heterocycles. The number of carboxylic acids is 1. The first kappa shape index (κ1) is 19.5. The van der Waals surface area contributed by atoms with Gasteiger partial charge in [0.05, 0.1) is 12.0 Å². The van der Waals surface area contributed by atoms with Crippen LogP contribution in [0.2, 0.25) is 5.02 Å². The molecule has 0 saturated heterocycles. The van der Waals surface area contributed by atoms with Gasteiger partial charge in [0.25, 0.3) is 0 Å². The number of likely N-dealkylation sites (N-methyl/N-ethyl adjacent to an activating group) is 1. The molecule has 138 valence electrons. The minimum atomic E-state index is -0.739. The van der Waals surface area contributed by atoms with Crippen LogP contribution in [0, 0.1) is 5.92 Å². The van der Waals surface area contributed by atoms with Crippen molar-refractivity contribution < 1.29 is 14.7 Å². The van der Waals surface area contributed by atoms with Crippen molar-refractivity contribution in [1.82, 2.24) is 15.5 Å². The highest BCUT2D eigenvalue weighted by molar-refractivity contribution is 6.31. The van der Waals surface area contributed by atoms with Gasteiger partial charge < -0.3 is 20.6 Å². The van der Waals surface area contributed by atoms with E-state index in [2.05, 4.69) is 10.6 Å². The lowest BCUT2D eigenvalue weighted by molar-refractivity contribution is -0.142. The molecule has 1 atom stereocenters. The summed E-state index contributed by atoms with van der Waals surface area (Å²) in [5, 5.41) is 15.5. The Morgan fingerprint density at radius 3 is 2.44 bits per heavy atom. The summed E-state index contributed by atoms with van der Waals surface area (Å²) < 4.78 is 0. The zero-order valence-corrected chi connectivity index (χ0v) is 15.4. The Hall–Kier alpha value is -1.79. The second-order valence-electron chi connectivity index (χ2n) is 6.74. The number of carbonyl (C=O) groups is 2. The molecular formula is C18H26ClN3O3. The van der Waals surface area contributed by atoms with Crippen molar-refractivity contribution >= 4 is 23.6 Å². The summed E-state index contributed by atoms with van der Waals surface area (Å²) in [4.78, 5) is 25.2. The topological polar surface area (TPSA) is 81.7 Å². The molecule has 1 unspecified atom stereocenters. The van der Waals surface area contributed by atoms with Crippen LogP contribution in [0.4, 0.5) is 4.79 Å². The van der Waals surface area contributed by atoms with E-state index in [1.54, 1.807) is 0 Å². The van der Waals surface area contributed by atoms with Gasteiger partial charge in [-0.25, -0.2) is 4.79 Å². The Morgan fingerprint density at radius 2 is 1.88 bits per heavy atom. The minimum absolute atomic E-state index is 0.0257. The third-order valence-corrected chi connectivity index (χ3v) is 5.10. The van der Waals surface area contributed by atoms with E-state index in [9.17, 15) is 9.59 Å². The quantitative estimate of drug-likeness (QED) is 0.722. The average Bonchev–Trinajstić information content (AvgIpc) is 2.56. The largest absolute Gasteiger partial charge is 0.481 e. The number of hydrogen-bond acceptors (Lipinski definition) is 3. The molecule has 3 N–H and O–H groups in total. The molecule has 7 heteroatoms. The Balaban J connectivity index is 1.84. The van der Waals surface area contributed by atoms with E-state index < -0.39 is 5.97 Å². The highest BCUT2D eigenvalue weighted by Gasteiger charge is 2.27. The van der Waals surface area contributed by atoms with Gasteiger partial charge in [0.15, 0.2) is 0 Å². The van der Waals surface area contributed by atoms with Gasteiger partial charge in [-0.2, -0.15) is 0 Å². The van der Waals surface area contributed by atoms with Crippen molar-refractivity contribution in [1.29, 1.82) is 0 Å². The summed E-state index contributed by atoms with van der Waals surface area (Å²) in [5.74, 6) is -1.02. The second kappa shape index (κ2) is 9.06. The first-order valence-electron chi connectivity index (χ1n) is 8.56. The zero-order valence-electron chi connectivity index (χ0n) is 14.7. The van der Waals surface area contributed by atoms with Crippen molar-refractivity contribution in [3.05, 3.63) is 34.9 Å². The van der Waals surface area contributed by atoms with Crippen LogP contribution in [0.3, 0.4) is 0 Å². The number of hydrogen-bond donors (Lipinski definition) is 3. The number of amides is 2. The van der Waals surface area contributed by atoms with Gasteiger partial charge in [-0.15, -0.1) is 0 Å². The fraction of sp³-hybridized carbons (Fsp3) is 0.556. The molecule has 1 aromatic rings. The predicted octanol–water partition coefficient (Wildman–Crippen LogP) is 2.89. The maximum absolute atomic E-state index is 12.2. The van der Waals surface area contributed by atoms with Crippen LogP contribution >= 0.6 is 11.6 Å². The fourth-order valence-corrected chi connectivity index (χ4v) is 3.49. The summed E-state index contributed by atoms with van der Waals surface area (Å²) in [6.07, 6.45) is 2.62. The molecule has 0 aliphatic heterocycles. The molecule has 0 spiro atoms. The summed E-state index contributed by atoms with van der Waals surface area (Å²) in [6, 6.07) is 7.40. The molecule has 1 fully saturated rings. The number of aliphatic carboxylic acids is 1. The molecule has 0 bridgehead atoms. The van der Waals surface area contributed by atoms with E-state index >= 15 is 0 Å². The number of urea groups is 1. The summed E-state index contributed by atoms with van der Waals surface area (Å²) >= 11 is 6.27. The van der Waals surface area contributed by atoms with Crippen LogP contribution in [0.5, 0.6) is 0 Å². The molecule has 1 aliphatic carbocycles. The van der Waals surface area contributed by atoms with E-state index in [-0.39, 0.29) is 24.0 Å². The van der Waals surface area contributed by atoms with Crippen molar-refractivity contribution in [2.24, 2.45) is 5.92 Å². The zero-order chi connectivity index (χ0) is 18.4. The summed E-state index contributed by atoms with van der Waals surface area (Å²) in [7, 11) is 3.89. The van der Waals surface area contributed by atoms with Gasteiger partial charge in [-0.3, -0.25) is 4.79 Å². The number of nitrogens with one attached hydrogen (secondary N) is 2. The monoisotopic (exact) mass is 367 g/mol. The SMILES string of the molecule is CN(C)C(CNC(=O)NC1CCC(C(=O)O)CC1)c1ccccc1Cl. The van der Waals surface area contributed by atoms with E-state index in [0.717, 1.165) is 5.56 Å². The van der Waals surface area contributed by atoms with Crippen LogP contribution < -0.4 is 10.6 Å². The highest BCUT2D eigenvalue weighted by atomic mass is 35.5. The van der Waals surface area contributed by atoms with Gasteiger partial charge in [0, 0.05) is 17.6 Å². The normalized spacial score (nSPS) is 21.6. The van der Waals surface area contributed by atoms with Crippen LogP contribution in [-0.2, 0) is 4.79 Å². The van der Waals surface area contributed by atoms with Crippen LogP contribution in [0.25, 0.3) is 0 Å². The predicted molar refractivity (Wildman–Crippen MR) is 97.8 cm³/mol. The smallest absolute Gasteiger partial charge is 0.315 e. The minimum Gasteiger partial charge on any atom is -0.481 e. The molecule has 2 amide bonds. The maximum atomic E-state index is 12.2. The van der Waals surface area contributed by atoms with E-state index in [0.29, 0.717) is 37.3 Å². The molecule has 6 nitrogen and oxygen atoms in total. The standard InChI is InChI=1S/C18H26ClN3O3/c1-22(2)16(14-5-3-4-6-15(14)19)11-20-18(25)21-13-9-7-12(8-10-13)17(23)24/h3-6,12-13,16H,7-11H2,1-2H3,(H,23,24)(H2,20,21,25). The Bertz CT molecular complexity index is 601. The Morgan fingerprint density at radius 1 is 1.24 bits per heavy atom. The fourth-order valence-electron chi connectivity index (χ4n) is 3.23. The number of rotatable bonds is 6. The molecule has 0 aromatic heterocycles. The molecule has 25 heavy (non-hydrogen) atoms. The van der Waals surface area contributed by atoms with Gasteiger partial charge in [-0.05, 0) is 51.4 Å². The van der Waals surface area contributed by atoms with Gasteiger partial charge in [0.2, 0.25) is 0 Å². The van der Waals surface area contributed by atoms with E-state index in [4.69, 9.17) is 16.7 Å². The van der Waals surface area contributed by atoms with Gasteiger partial charge in [-0.1, -0.05) is 29.8 Å². The number of halogens is 1. The highest BCUT2D eigenvalue weighted by Crippen LogP contribution is 2.26. The van der Waals surface area contributed by atoms with Crippen LogP contribution in [0.1, 0.15) is 37.3 Å². The molecule has 0 radical (unpaired) electrons. The van der Waals surface area contributed by atoms with Crippen molar-refractivity contribution in [2.75, 3.05) is 20.6 Å². The van der Waals surface area contributed by atoms with Crippen LogP contribution in [0.15, 0.2) is 24.3 Å². The first-order valence-corrected chi connectivity index (χ1v) is 8.94. The summed E-state index contributed by atoms with van der Waals surface area (Å²) in [6.45, 7) is 0.438. The number of carboxylic acid groups (broad SMARTS) is 1. The number of carbonyl (C=O) groups excluding carboxylic acids is 1. The molecule has 1 saturated carbocycles. The molecule has 2 rings (SSSR count). The van der Waals surface area contributed by atoms with E-state index in [1.807, 2.05) is 43.3 Å². The van der Waals surface area contributed by atoms with Gasteiger partial charge in [0.1, 0.15) is 0 Å². The molecule has 1 aromatic carbocycles. The third-order valence-electron chi connectivity index (χ3n) is 4.76. The lowest BCUT2D eigenvalue weighted by atomic mass is 9.86. The van der Waals surface area contributed by atoms with Crippen molar-refractivity contribution in [3.63, 3.8) is 0 Å². The second-order valence-corrected chi connectivity index (χ2v) is 7.15. The van der Waals surface area contributed by atoms with Crippen molar-refractivity contribution in [2.45, 2.75) is 37.8 Å². The summed E-state index contributed by atoms with van der Waals surface area (Å²) in [5.41, 5.74) is 0.969.